The smallest absolute Gasteiger partial charge is 0.422 e. The number of rotatable bonds is 5. The van der Waals surface area contributed by atoms with Crippen LogP contribution in [0.1, 0.15) is 18.5 Å². The number of ether oxygens (including phenoxy) is 2. The van der Waals surface area contributed by atoms with E-state index in [-0.39, 0.29) is 36.1 Å². The van der Waals surface area contributed by atoms with Crippen LogP contribution < -0.4 is 15.4 Å². The van der Waals surface area contributed by atoms with Crippen LogP contribution in [0.25, 0.3) is 0 Å². The summed E-state index contributed by atoms with van der Waals surface area (Å²) in [6.45, 7) is 2.00. The number of hydrogen-bond donors (Lipinski definition) is 2. The van der Waals surface area contributed by atoms with Gasteiger partial charge in [0.05, 0.1) is 19.3 Å². The SMILES string of the molecule is CC(NC(=O)C1COCCN1)c1ccc(OCC(F)(F)F)cc1.Cl. The topological polar surface area (TPSA) is 59.6 Å². The van der Waals surface area contributed by atoms with Crippen LogP contribution >= 0.6 is 12.4 Å². The molecule has 0 spiro atoms. The lowest BCUT2D eigenvalue weighted by Gasteiger charge is -2.25. The zero-order chi connectivity index (χ0) is 16.9. The van der Waals surface area contributed by atoms with Crippen LogP contribution in [0.15, 0.2) is 24.3 Å². The Morgan fingerprint density at radius 2 is 2.08 bits per heavy atom. The van der Waals surface area contributed by atoms with Crippen molar-refractivity contribution < 1.29 is 27.4 Å². The molecule has 1 fully saturated rings. The molecule has 0 radical (unpaired) electrons. The lowest BCUT2D eigenvalue weighted by molar-refractivity contribution is -0.153. The summed E-state index contributed by atoms with van der Waals surface area (Å²) in [5.41, 5.74) is 0.773. The second-order valence-electron chi connectivity index (χ2n) is 5.28. The molecule has 0 aliphatic carbocycles. The molecule has 1 aliphatic heterocycles. The van der Waals surface area contributed by atoms with Gasteiger partial charge in [0.1, 0.15) is 11.8 Å². The number of amides is 1. The first-order valence-corrected chi connectivity index (χ1v) is 7.26. The summed E-state index contributed by atoms with van der Waals surface area (Å²) in [4.78, 5) is 12.1. The standard InChI is InChI=1S/C15H19F3N2O3.ClH/c1-10(20-14(21)13-8-22-7-6-19-13)11-2-4-12(5-3-11)23-9-15(16,17)18;/h2-5,10,13,19H,6-9H2,1H3,(H,20,21);1H. The van der Waals surface area contributed by atoms with Crippen molar-refractivity contribution in [1.82, 2.24) is 10.6 Å². The molecule has 2 atom stereocenters. The van der Waals surface area contributed by atoms with E-state index < -0.39 is 12.8 Å². The van der Waals surface area contributed by atoms with Gasteiger partial charge in [0.15, 0.2) is 6.61 Å². The quantitative estimate of drug-likeness (QED) is 0.836. The highest BCUT2D eigenvalue weighted by molar-refractivity contribution is 5.85. The Hall–Kier alpha value is -1.51. The minimum atomic E-state index is -4.37. The highest BCUT2D eigenvalue weighted by Crippen LogP contribution is 2.21. The number of nitrogens with one attached hydrogen (secondary N) is 2. The lowest BCUT2D eigenvalue weighted by Crippen LogP contribution is -2.51. The lowest BCUT2D eigenvalue weighted by atomic mass is 10.1. The van der Waals surface area contributed by atoms with Crippen molar-refractivity contribution in [1.29, 1.82) is 0 Å². The number of halogens is 4. The number of benzene rings is 1. The Kier molecular flexibility index (Phi) is 7.78. The second kappa shape index (κ2) is 9.10. The highest BCUT2D eigenvalue weighted by Gasteiger charge is 2.28. The van der Waals surface area contributed by atoms with Gasteiger partial charge in [-0.3, -0.25) is 4.79 Å². The number of hydrogen-bond acceptors (Lipinski definition) is 4. The molecule has 1 aromatic rings. The van der Waals surface area contributed by atoms with E-state index >= 15 is 0 Å². The normalized spacial score (nSPS) is 19.1. The van der Waals surface area contributed by atoms with Crippen molar-refractivity contribution in [3.05, 3.63) is 29.8 Å². The van der Waals surface area contributed by atoms with Gasteiger partial charge in [0, 0.05) is 6.54 Å². The molecule has 9 heteroatoms. The van der Waals surface area contributed by atoms with Gasteiger partial charge in [-0.25, -0.2) is 0 Å². The average Bonchev–Trinajstić information content (AvgIpc) is 2.53. The maximum Gasteiger partial charge on any atom is 0.422 e. The van der Waals surface area contributed by atoms with Gasteiger partial charge in [-0.1, -0.05) is 12.1 Å². The molecule has 5 nitrogen and oxygen atoms in total. The summed E-state index contributed by atoms with van der Waals surface area (Å²) in [7, 11) is 0. The summed E-state index contributed by atoms with van der Waals surface area (Å²) in [6.07, 6.45) is -4.37. The fraction of sp³-hybridized carbons (Fsp3) is 0.533. The molecule has 0 bridgehead atoms. The van der Waals surface area contributed by atoms with Crippen molar-refractivity contribution in [2.45, 2.75) is 25.2 Å². The molecule has 1 saturated heterocycles. The number of alkyl halides is 3. The molecule has 136 valence electrons. The van der Waals surface area contributed by atoms with Gasteiger partial charge in [-0.2, -0.15) is 13.2 Å². The molecule has 0 saturated carbocycles. The van der Waals surface area contributed by atoms with E-state index in [0.717, 1.165) is 5.56 Å². The highest BCUT2D eigenvalue weighted by atomic mass is 35.5. The third-order valence-corrected chi connectivity index (χ3v) is 3.38. The molecular weight excluding hydrogens is 349 g/mol. The zero-order valence-corrected chi connectivity index (χ0v) is 13.9. The van der Waals surface area contributed by atoms with Crippen LogP contribution in [0, 0.1) is 0 Å². The Balaban J connectivity index is 0.00000288. The van der Waals surface area contributed by atoms with Crippen LogP contribution in [-0.4, -0.2) is 44.5 Å². The molecule has 1 aliphatic rings. The Morgan fingerprint density at radius 3 is 2.62 bits per heavy atom. The zero-order valence-electron chi connectivity index (χ0n) is 13.1. The van der Waals surface area contributed by atoms with Crippen molar-refractivity contribution in [2.75, 3.05) is 26.4 Å². The maximum absolute atomic E-state index is 12.1. The summed E-state index contributed by atoms with van der Waals surface area (Å²) < 4.78 is 46.1. The molecule has 0 aromatic heterocycles. The van der Waals surface area contributed by atoms with E-state index in [2.05, 4.69) is 15.4 Å². The molecule has 24 heavy (non-hydrogen) atoms. The maximum atomic E-state index is 12.1. The first-order valence-electron chi connectivity index (χ1n) is 7.26. The molecule has 2 N–H and O–H groups in total. The van der Waals surface area contributed by atoms with Crippen molar-refractivity contribution in [2.24, 2.45) is 0 Å². The predicted octanol–water partition coefficient (Wildman–Crippen LogP) is 2.22. The third kappa shape index (κ3) is 6.54. The number of carbonyl (C=O) groups excluding carboxylic acids is 1. The summed E-state index contributed by atoms with van der Waals surface area (Å²) >= 11 is 0. The number of morpholine rings is 1. The fourth-order valence-corrected chi connectivity index (χ4v) is 2.15. The molecular formula is C15H20ClF3N2O3. The van der Waals surface area contributed by atoms with E-state index in [1.165, 1.54) is 12.1 Å². The minimum absolute atomic E-state index is 0. The Morgan fingerprint density at radius 1 is 1.42 bits per heavy atom. The first kappa shape index (κ1) is 20.5. The van der Waals surface area contributed by atoms with Crippen LogP contribution in [-0.2, 0) is 9.53 Å². The van der Waals surface area contributed by atoms with Gasteiger partial charge < -0.3 is 20.1 Å². The molecule has 2 unspecified atom stereocenters. The van der Waals surface area contributed by atoms with Crippen molar-refractivity contribution >= 4 is 18.3 Å². The van der Waals surface area contributed by atoms with E-state index in [9.17, 15) is 18.0 Å². The molecule has 1 amide bonds. The van der Waals surface area contributed by atoms with E-state index in [1.807, 2.05) is 0 Å². The van der Waals surface area contributed by atoms with Crippen molar-refractivity contribution in [3.8, 4) is 5.75 Å². The van der Waals surface area contributed by atoms with Crippen LogP contribution in [0.3, 0.4) is 0 Å². The third-order valence-electron chi connectivity index (χ3n) is 3.38. The molecule has 1 heterocycles. The van der Waals surface area contributed by atoms with Crippen LogP contribution in [0.5, 0.6) is 5.75 Å². The Bertz CT molecular complexity index is 520. The van der Waals surface area contributed by atoms with Crippen LogP contribution in [0.4, 0.5) is 13.2 Å². The van der Waals surface area contributed by atoms with Gasteiger partial charge in [-0.15, -0.1) is 12.4 Å². The second-order valence-corrected chi connectivity index (χ2v) is 5.28. The number of carbonyl (C=O) groups is 1. The monoisotopic (exact) mass is 368 g/mol. The van der Waals surface area contributed by atoms with Gasteiger partial charge >= 0.3 is 6.18 Å². The van der Waals surface area contributed by atoms with E-state index in [1.54, 1.807) is 19.1 Å². The summed E-state index contributed by atoms with van der Waals surface area (Å²) in [5, 5.41) is 5.89. The molecule has 1 aromatic carbocycles. The summed E-state index contributed by atoms with van der Waals surface area (Å²) in [5.74, 6) is -0.0402. The summed E-state index contributed by atoms with van der Waals surface area (Å²) in [6, 6.07) is 5.49. The van der Waals surface area contributed by atoms with E-state index in [0.29, 0.717) is 19.8 Å². The fourth-order valence-electron chi connectivity index (χ4n) is 2.15. The first-order chi connectivity index (χ1) is 10.8. The predicted molar refractivity (Wildman–Crippen MR) is 84.4 cm³/mol. The largest absolute Gasteiger partial charge is 0.484 e. The minimum Gasteiger partial charge on any atom is -0.484 e. The van der Waals surface area contributed by atoms with Crippen LogP contribution in [0.2, 0.25) is 0 Å². The van der Waals surface area contributed by atoms with Crippen molar-refractivity contribution in [3.63, 3.8) is 0 Å². The van der Waals surface area contributed by atoms with E-state index in [4.69, 9.17) is 4.74 Å². The van der Waals surface area contributed by atoms with Gasteiger partial charge in [-0.05, 0) is 24.6 Å². The average molecular weight is 369 g/mol. The molecule has 2 rings (SSSR count). The van der Waals surface area contributed by atoms with Gasteiger partial charge in [0.25, 0.3) is 0 Å². The van der Waals surface area contributed by atoms with Gasteiger partial charge in [0.2, 0.25) is 5.91 Å². The Labute approximate surface area is 144 Å².